The van der Waals surface area contributed by atoms with Crippen LogP contribution in [0.4, 0.5) is 0 Å². The Hall–Kier alpha value is -1.24. The first-order chi connectivity index (χ1) is 9.54. The van der Waals surface area contributed by atoms with E-state index in [9.17, 15) is 15.2 Å². The van der Waals surface area contributed by atoms with Crippen molar-refractivity contribution < 1.29 is 14.5 Å². The Balaban J connectivity index is 3.06. The van der Waals surface area contributed by atoms with Crippen LogP contribution in [0.1, 0.15) is 32.4 Å². The minimum atomic E-state index is -2.15. The molecule has 0 unspecified atom stereocenters. The van der Waals surface area contributed by atoms with E-state index >= 15 is 0 Å². The fraction of sp³-hybridized carbons (Fsp3) is 0.600. The molecule has 0 heterocycles. The van der Waals surface area contributed by atoms with Gasteiger partial charge in [0.15, 0.2) is 8.32 Å². The zero-order valence-corrected chi connectivity index (χ0v) is 14.4. The van der Waals surface area contributed by atoms with Crippen molar-refractivity contribution in [3.8, 4) is 0 Å². The van der Waals surface area contributed by atoms with Crippen molar-refractivity contribution in [1.29, 1.82) is 0 Å². The van der Waals surface area contributed by atoms with Gasteiger partial charge in [0.25, 0.3) is 0 Å². The Morgan fingerprint density at radius 2 is 1.81 bits per heavy atom. The summed E-state index contributed by atoms with van der Waals surface area (Å²) in [6, 6.07) is 9.22. The molecule has 21 heavy (non-hydrogen) atoms. The van der Waals surface area contributed by atoms with E-state index in [0.29, 0.717) is 0 Å². The highest BCUT2D eigenvalue weighted by Gasteiger charge is 2.41. The molecule has 0 aliphatic heterocycles. The lowest BCUT2D eigenvalue weighted by molar-refractivity contribution is -0.492. The summed E-state index contributed by atoms with van der Waals surface area (Å²) in [6.07, 6.45) is -1.82. The predicted octanol–water partition coefficient (Wildman–Crippen LogP) is 3.39. The first-order valence-electron chi connectivity index (χ1n) is 7.07. The van der Waals surface area contributed by atoms with Gasteiger partial charge in [0.1, 0.15) is 12.2 Å². The van der Waals surface area contributed by atoms with Gasteiger partial charge >= 0.3 is 0 Å². The van der Waals surface area contributed by atoms with Crippen LogP contribution in [0.2, 0.25) is 18.1 Å². The lowest BCUT2D eigenvalue weighted by atomic mass is 10.0. The SMILES string of the molecule is CC(C)(C)[Si](C)(C)O[C@@H](c1ccccc1)[C@H](O)C[N+](=O)[O-]. The lowest BCUT2D eigenvalue weighted by Crippen LogP contribution is -2.45. The number of hydrogen-bond acceptors (Lipinski definition) is 4. The molecule has 1 rings (SSSR count). The van der Waals surface area contributed by atoms with Crippen molar-refractivity contribution in [2.24, 2.45) is 0 Å². The molecular formula is C15H25NO4Si. The normalized spacial score (nSPS) is 15.5. The summed E-state index contributed by atoms with van der Waals surface area (Å²) in [7, 11) is -2.15. The predicted molar refractivity (Wildman–Crippen MR) is 85.3 cm³/mol. The number of aliphatic hydroxyl groups excluding tert-OH is 1. The molecule has 0 radical (unpaired) electrons. The molecule has 1 aromatic carbocycles. The van der Waals surface area contributed by atoms with E-state index in [1.807, 2.05) is 30.3 Å². The Bertz CT molecular complexity index is 470. The van der Waals surface area contributed by atoms with Crippen LogP contribution in [0.15, 0.2) is 30.3 Å². The molecule has 0 amide bonds. The molecule has 5 nitrogen and oxygen atoms in total. The van der Waals surface area contributed by atoms with Gasteiger partial charge in [0.05, 0.1) is 0 Å². The molecule has 6 heteroatoms. The topological polar surface area (TPSA) is 72.6 Å². The summed E-state index contributed by atoms with van der Waals surface area (Å²) in [5, 5.41) is 20.9. The second-order valence-corrected chi connectivity index (χ2v) is 11.5. The second kappa shape index (κ2) is 6.68. The van der Waals surface area contributed by atoms with Gasteiger partial charge in [-0.05, 0) is 23.7 Å². The van der Waals surface area contributed by atoms with E-state index in [1.54, 1.807) is 0 Å². The summed E-state index contributed by atoms with van der Waals surface area (Å²) in [5.41, 5.74) is 0.775. The van der Waals surface area contributed by atoms with E-state index < -0.39 is 32.0 Å². The van der Waals surface area contributed by atoms with Gasteiger partial charge in [-0.3, -0.25) is 10.1 Å². The Morgan fingerprint density at radius 1 is 1.29 bits per heavy atom. The summed E-state index contributed by atoms with van der Waals surface area (Å²) >= 11 is 0. The minimum absolute atomic E-state index is 0.0334. The van der Waals surface area contributed by atoms with Gasteiger partial charge in [-0.2, -0.15) is 0 Å². The van der Waals surface area contributed by atoms with Crippen LogP contribution in [0.5, 0.6) is 0 Å². The molecular weight excluding hydrogens is 286 g/mol. The van der Waals surface area contributed by atoms with Gasteiger partial charge in [-0.1, -0.05) is 51.1 Å². The van der Waals surface area contributed by atoms with Gasteiger partial charge in [-0.25, -0.2) is 0 Å². The summed E-state index contributed by atoms with van der Waals surface area (Å²) in [4.78, 5) is 10.2. The number of aliphatic hydroxyl groups is 1. The Labute approximate surface area is 127 Å². The third kappa shape index (κ3) is 4.91. The molecule has 0 aliphatic carbocycles. The van der Waals surface area contributed by atoms with Crippen molar-refractivity contribution in [2.45, 2.75) is 51.1 Å². The first kappa shape index (κ1) is 17.8. The Morgan fingerprint density at radius 3 is 2.24 bits per heavy atom. The number of nitro groups is 1. The van der Waals surface area contributed by atoms with Gasteiger partial charge in [0.2, 0.25) is 6.54 Å². The summed E-state index contributed by atoms with van der Waals surface area (Å²) in [6.45, 7) is 9.92. The zero-order valence-electron chi connectivity index (χ0n) is 13.4. The van der Waals surface area contributed by atoms with Crippen LogP contribution in [0, 0.1) is 10.1 Å². The summed E-state index contributed by atoms with van der Waals surface area (Å²) in [5.74, 6) is 0. The third-order valence-corrected chi connectivity index (χ3v) is 8.50. The number of rotatable bonds is 6. The molecule has 0 saturated heterocycles. The van der Waals surface area contributed by atoms with Crippen molar-refractivity contribution in [3.63, 3.8) is 0 Å². The molecule has 1 N–H and O–H groups in total. The minimum Gasteiger partial charge on any atom is -0.407 e. The third-order valence-electron chi connectivity index (χ3n) is 4.04. The number of benzene rings is 1. The fourth-order valence-electron chi connectivity index (χ4n) is 1.75. The van der Waals surface area contributed by atoms with E-state index in [2.05, 4.69) is 33.9 Å². The fourth-order valence-corrected chi connectivity index (χ4v) is 3.04. The molecule has 0 fully saturated rings. The monoisotopic (exact) mass is 311 g/mol. The smallest absolute Gasteiger partial charge is 0.232 e. The standard InChI is InChI=1S/C15H25NO4Si/c1-15(2,3)21(4,5)20-14(13(17)11-16(18)19)12-9-7-6-8-10-12/h6-10,13-14,17H,11H2,1-5H3/t13-,14+/m1/s1. The van der Waals surface area contributed by atoms with Crippen molar-refractivity contribution >= 4 is 8.32 Å². The number of hydrogen-bond donors (Lipinski definition) is 1. The Kier molecular flexibility index (Phi) is 5.66. The molecule has 2 atom stereocenters. The lowest BCUT2D eigenvalue weighted by Gasteiger charge is -2.40. The van der Waals surface area contributed by atoms with Crippen molar-refractivity contribution in [3.05, 3.63) is 46.0 Å². The van der Waals surface area contributed by atoms with Crippen LogP contribution >= 0.6 is 0 Å². The highest BCUT2D eigenvalue weighted by atomic mass is 28.4. The average Bonchev–Trinajstić information content (AvgIpc) is 2.34. The van der Waals surface area contributed by atoms with E-state index in [4.69, 9.17) is 4.43 Å². The van der Waals surface area contributed by atoms with E-state index in [1.165, 1.54) is 0 Å². The highest BCUT2D eigenvalue weighted by Crippen LogP contribution is 2.40. The van der Waals surface area contributed by atoms with E-state index in [0.717, 1.165) is 5.56 Å². The van der Waals surface area contributed by atoms with Crippen LogP contribution in [0.25, 0.3) is 0 Å². The van der Waals surface area contributed by atoms with Crippen molar-refractivity contribution in [2.75, 3.05) is 6.54 Å². The van der Waals surface area contributed by atoms with Crippen LogP contribution in [0.3, 0.4) is 0 Å². The quantitative estimate of drug-likeness (QED) is 0.496. The van der Waals surface area contributed by atoms with Crippen LogP contribution < -0.4 is 0 Å². The number of nitrogens with zero attached hydrogens (tertiary/aromatic N) is 1. The molecule has 0 aromatic heterocycles. The van der Waals surface area contributed by atoms with Crippen LogP contribution in [-0.2, 0) is 4.43 Å². The summed E-state index contributed by atoms with van der Waals surface area (Å²) < 4.78 is 6.24. The van der Waals surface area contributed by atoms with Gasteiger partial charge < -0.3 is 9.53 Å². The maximum absolute atomic E-state index is 10.7. The molecule has 0 saturated carbocycles. The van der Waals surface area contributed by atoms with Gasteiger partial charge in [-0.15, -0.1) is 0 Å². The van der Waals surface area contributed by atoms with Crippen molar-refractivity contribution in [1.82, 2.24) is 0 Å². The molecule has 1 aromatic rings. The second-order valence-electron chi connectivity index (χ2n) is 6.79. The molecule has 0 aliphatic rings. The molecule has 0 spiro atoms. The first-order valence-corrected chi connectivity index (χ1v) is 9.98. The average molecular weight is 311 g/mol. The maximum Gasteiger partial charge on any atom is 0.232 e. The largest absolute Gasteiger partial charge is 0.407 e. The zero-order chi connectivity index (χ0) is 16.3. The maximum atomic E-state index is 10.7. The molecule has 118 valence electrons. The highest BCUT2D eigenvalue weighted by molar-refractivity contribution is 6.74. The molecule has 0 bridgehead atoms. The van der Waals surface area contributed by atoms with Crippen LogP contribution in [-0.4, -0.2) is 31.0 Å². The van der Waals surface area contributed by atoms with Gasteiger partial charge in [0, 0.05) is 4.92 Å². The van der Waals surface area contributed by atoms with E-state index in [-0.39, 0.29) is 5.04 Å².